The van der Waals surface area contributed by atoms with Gasteiger partial charge in [0.2, 0.25) is 0 Å². The lowest BCUT2D eigenvalue weighted by Crippen LogP contribution is -2.39. The maximum Gasteiger partial charge on any atom is 0.416 e. The Kier molecular flexibility index (Phi) is 5.83. The fourth-order valence-electron chi connectivity index (χ4n) is 3.30. The van der Waals surface area contributed by atoms with Crippen molar-refractivity contribution in [2.45, 2.75) is 25.7 Å². The van der Waals surface area contributed by atoms with E-state index in [1.807, 2.05) is 5.32 Å². The number of halogens is 3. The smallest absolute Gasteiger partial charge is 0.416 e. The minimum absolute atomic E-state index is 0.112. The summed E-state index contributed by atoms with van der Waals surface area (Å²) in [4.78, 5) is 36.0. The van der Waals surface area contributed by atoms with Gasteiger partial charge in [-0.1, -0.05) is 12.1 Å². The van der Waals surface area contributed by atoms with Gasteiger partial charge in [-0.05, 0) is 17.7 Å². The topological polar surface area (TPSA) is 121 Å². The molecule has 0 fully saturated rings. The van der Waals surface area contributed by atoms with Crippen LogP contribution in [0.15, 0.2) is 29.1 Å². The Balaban J connectivity index is 2.05. The number of hydrogen-bond donors (Lipinski definition) is 4. The van der Waals surface area contributed by atoms with E-state index in [2.05, 4.69) is 5.32 Å². The summed E-state index contributed by atoms with van der Waals surface area (Å²) in [5.41, 5.74) is -1.11. The first-order chi connectivity index (χ1) is 14.1. The molecule has 2 aromatic rings. The Bertz CT molecular complexity index is 1050. The number of alkyl halides is 3. The van der Waals surface area contributed by atoms with E-state index in [-0.39, 0.29) is 13.1 Å². The predicted octanol–water partition coefficient (Wildman–Crippen LogP) is 1.08. The molecule has 0 atom stereocenters. The number of nitrogens with zero attached hydrogens (tertiary/aromatic N) is 1. The van der Waals surface area contributed by atoms with E-state index in [0.29, 0.717) is 29.8 Å². The van der Waals surface area contributed by atoms with Crippen molar-refractivity contribution in [3.05, 3.63) is 62.6 Å². The summed E-state index contributed by atoms with van der Waals surface area (Å²) in [7, 11) is 0. The highest BCUT2D eigenvalue weighted by Gasteiger charge is 2.30. The van der Waals surface area contributed by atoms with Crippen LogP contribution in [0.2, 0.25) is 0 Å². The number of benzene rings is 1. The standard InChI is InChI=1S/C19H18F3N3O5/c20-19(21,22)11-3-1-10(2-4-11)9-25-13-5-6-23-7-12(13)16(28)15(18(25)30)17(29)24-8-14(26)27/h1-4,23,28H,5-9H2,(H,24,29)(H,26,27). The van der Waals surface area contributed by atoms with Crippen molar-refractivity contribution in [3.63, 3.8) is 0 Å². The van der Waals surface area contributed by atoms with Crippen LogP contribution < -0.4 is 16.2 Å². The molecule has 1 amide bonds. The number of carboxylic acids is 1. The average Bonchev–Trinajstić information content (AvgIpc) is 2.69. The van der Waals surface area contributed by atoms with Crippen molar-refractivity contribution < 1.29 is 33.0 Å². The number of fused-ring (bicyclic) bond motifs is 1. The first-order valence-corrected chi connectivity index (χ1v) is 8.94. The van der Waals surface area contributed by atoms with Crippen LogP contribution in [0, 0.1) is 0 Å². The van der Waals surface area contributed by atoms with Gasteiger partial charge in [-0.25, -0.2) is 0 Å². The van der Waals surface area contributed by atoms with Crippen LogP contribution in [0.1, 0.15) is 32.7 Å². The van der Waals surface area contributed by atoms with Crippen LogP contribution in [0.25, 0.3) is 0 Å². The van der Waals surface area contributed by atoms with E-state index in [0.717, 1.165) is 12.1 Å². The van der Waals surface area contributed by atoms with Gasteiger partial charge in [-0.2, -0.15) is 13.2 Å². The van der Waals surface area contributed by atoms with E-state index < -0.39 is 47.0 Å². The predicted molar refractivity (Wildman–Crippen MR) is 98.3 cm³/mol. The zero-order valence-corrected chi connectivity index (χ0v) is 15.5. The molecule has 160 valence electrons. The molecular formula is C19H18F3N3O5. The Morgan fingerprint density at radius 1 is 1.20 bits per heavy atom. The lowest BCUT2D eigenvalue weighted by Gasteiger charge is -2.24. The molecule has 0 saturated heterocycles. The maximum absolute atomic E-state index is 13.0. The van der Waals surface area contributed by atoms with E-state index >= 15 is 0 Å². The highest BCUT2D eigenvalue weighted by atomic mass is 19.4. The number of carbonyl (C=O) groups excluding carboxylic acids is 1. The van der Waals surface area contributed by atoms with E-state index in [1.165, 1.54) is 16.7 Å². The number of pyridine rings is 1. The summed E-state index contributed by atoms with van der Waals surface area (Å²) in [6.07, 6.45) is -4.13. The number of hydrogen-bond acceptors (Lipinski definition) is 5. The van der Waals surface area contributed by atoms with Gasteiger partial charge < -0.3 is 25.4 Å². The first kappa shape index (κ1) is 21.4. The summed E-state index contributed by atoms with van der Waals surface area (Å²) >= 11 is 0. The summed E-state index contributed by atoms with van der Waals surface area (Å²) in [6, 6.07) is 4.27. The van der Waals surface area contributed by atoms with Gasteiger partial charge in [-0.3, -0.25) is 14.4 Å². The summed E-state index contributed by atoms with van der Waals surface area (Å²) in [5.74, 6) is -2.91. The number of nitrogens with one attached hydrogen (secondary N) is 2. The Hall–Kier alpha value is -3.34. The molecule has 0 bridgehead atoms. The fourth-order valence-corrected chi connectivity index (χ4v) is 3.30. The quantitative estimate of drug-likeness (QED) is 0.569. The van der Waals surface area contributed by atoms with Crippen LogP contribution in [0.5, 0.6) is 5.75 Å². The van der Waals surface area contributed by atoms with Crippen molar-refractivity contribution in [2.75, 3.05) is 13.1 Å². The number of aromatic nitrogens is 1. The molecule has 0 radical (unpaired) electrons. The molecule has 11 heteroatoms. The van der Waals surface area contributed by atoms with Crippen molar-refractivity contribution in [3.8, 4) is 5.75 Å². The van der Waals surface area contributed by atoms with Crippen molar-refractivity contribution in [1.82, 2.24) is 15.2 Å². The van der Waals surface area contributed by atoms with E-state index in [4.69, 9.17) is 5.11 Å². The largest absolute Gasteiger partial charge is 0.506 e. The molecule has 1 aliphatic rings. The number of aliphatic carboxylic acids is 1. The number of amides is 1. The molecule has 30 heavy (non-hydrogen) atoms. The van der Waals surface area contributed by atoms with E-state index in [9.17, 15) is 32.7 Å². The lowest BCUT2D eigenvalue weighted by molar-refractivity contribution is -0.138. The maximum atomic E-state index is 13.0. The fraction of sp³-hybridized carbons (Fsp3) is 0.316. The van der Waals surface area contributed by atoms with Gasteiger partial charge in [0.25, 0.3) is 11.5 Å². The monoisotopic (exact) mass is 425 g/mol. The number of aromatic hydroxyl groups is 1. The van der Waals surface area contributed by atoms with Gasteiger partial charge in [0.1, 0.15) is 17.9 Å². The number of carbonyl (C=O) groups is 2. The van der Waals surface area contributed by atoms with Crippen LogP contribution in [-0.4, -0.2) is 39.7 Å². The molecule has 4 N–H and O–H groups in total. The Labute approximate surface area is 168 Å². The zero-order chi connectivity index (χ0) is 22.1. The van der Waals surface area contributed by atoms with Crippen LogP contribution >= 0.6 is 0 Å². The lowest BCUT2D eigenvalue weighted by atomic mass is 10.0. The summed E-state index contributed by atoms with van der Waals surface area (Å²) in [5, 5.41) is 24.3. The van der Waals surface area contributed by atoms with Crippen LogP contribution in [0.3, 0.4) is 0 Å². The van der Waals surface area contributed by atoms with Crippen molar-refractivity contribution in [2.24, 2.45) is 0 Å². The molecule has 8 nitrogen and oxygen atoms in total. The average molecular weight is 425 g/mol. The third-order valence-electron chi connectivity index (χ3n) is 4.75. The van der Waals surface area contributed by atoms with Crippen molar-refractivity contribution in [1.29, 1.82) is 0 Å². The second-order valence-electron chi connectivity index (χ2n) is 6.74. The third-order valence-corrected chi connectivity index (χ3v) is 4.75. The van der Waals surface area contributed by atoms with Gasteiger partial charge in [0.05, 0.1) is 12.1 Å². The molecule has 0 unspecified atom stereocenters. The zero-order valence-electron chi connectivity index (χ0n) is 15.5. The van der Waals surface area contributed by atoms with E-state index in [1.54, 1.807) is 0 Å². The summed E-state index contributed by atoms with van der Waals surface area (Å²) in [6.45, 7) is -0.179. The second-order valence-corrected chi connectivity index (χ2v) is 6.74. The highest BCUT2D eigenvalue weighted by Crippen LogP contribution is 2.30. The third kappa shape index (κ3) is 4.30. The normalized spacial score (nSPS) is 13.6. The van der Waals surface area contributed by atoms with Crippen LogP contribution in [-0.2, 0) is 30.5 Å². The molecule has 1 aromatic carbocycles. The second kappa shape index (κ2) is 8.19. The minimum atomic E-state index is -4.49. The molecule has 2 heterocycles. The first-order valence-electron chi connectivity index (χ1n) is 8.94. The summed E-state index contributed by atoms with van der Waals surface area (Å²) < 4.78 is 39.6. The Morgan fingerprint density at radius 3 is 2.47 bits per heavy atom. The van der Waals surface area contributed by atoms with Gasteiger partial charge in [0, 0.05) is 30.8 Å². The minimum Gasteiger partial charge on any atom is -0.506 e. The molecule has 1 aliphatic heterocycles. The van der Waals surface area contributed by atoms with Crippen molar-refractivity contribution >= 4 is 11.9 Å². The molecule has 0 saturated carbocycles. The SMILES string of the molecule is O=C(O)CNC(=O)c1c(O)c2c(n(Cc3ccc(C(F)(F)F)cc3)c1=O)CCNC2. The molecule has 0 spiro atoms. The van der Waals surface area contributed by atoms with Gasteiger partial charge >= 0.3 is 12.1 Å². The molecule has 1 aromatic heterocycles. The number of carboxylic acid groups (broad SMARTS) is 1. The molecular weight excluding hydrogens is 407 g/mol. The van der Waals surface area contributed by atoms with Crippen LogP contribution in [0.4, 0.5) is 13.2 Å². The van der Waals surface area contributed by atoms with Gasteiger partial charge in [-0.15, -0.1) is 0 Å². The number of rotatable bonds is 5. The molecule has 3 rings (SSSR count). The highest BCUT2D eigenvalue weighted by molar-refractivity contribution is 5.98. The Morgan fingerprint density at radius 2 is 1.87 bits per heavy atom. The van der Waals surface area contributed by atoms with Gasteiger partial charge in [0.15, 0.2) is 0 Å². The molecule has 0 aliphatic carbocycles.